The number of ether oxygens (including phenoxy) is 2. The second-order valence-electron chi connectivity index (χ2n) is 7.18. The van der Waals surface area contributed by atoms with E-state index in [0.29, 0.717) is 28.5 Å². The molecule has 9 heteroatoms. The molecule has 0 fully saturated rings. The maximum atomic E-state index is 13.1. The van der Waals surface area contributed by atoms with Crippen molar-refractivity contribution in [2.75, 3.05) is 20.0 Å². The summed E-state index contributed by atoms with van der Waals surface area (Å²) in [6, 6.07) is 16.9. The van der Waals surface area contributed by atoms with E-state index in [1.807, 2.05) is 60.0 Å². The van der Waals surface area contributed by atoms with Crippen molar-refractivity contribution >= 4 is 39.2 Å². The van der Waals surface area contributed by atoms with Gasteiger partial charge in [-0.2, -0.15) is 0 Å². The highest BCUT2D eigenvalue weighted by molar-refractivity contribution is 7.99. The third-order valence-corrected chi connectivity index (χ3v) is 6.88. The number of methoxy groups -OCH3 is 2. The lowest BCUT2D eigenvalue weighted by Gasteiger charge is -2.13. The van der Waals surface area contributed by atoms with Crippen LogP contribution < -0.4 is 20.3 Å². The Kier molecular flexibility index (Phi) is 7.31. The number of hydrogen-bond acceptors (Lipinski definition) is 7. The summed E-state index contributed by atoms with van der Waals surface area (Å²) >= 11 is 2.63. The van der Waals surface area contributed by atoms with Gasteiger partial charge < -0.3 is 14.8 Å². The molecule has 0 saturated carbocycles. The smallest absolute Gasteiger partial charge is 0.272 e. The molecular weight excluding hydrogens is 458 g/mol. The summed E-state index contributed by atoms with van der Waals surface area (Å²) in [5.74, 6) is 1.54. The van der Waals surface area contributed by atoms with Gasteiger partial charge in [0.05, 0.1) is 32.0 Å². The third kappa shape index (κ3) is 5.55. The molecule has 0 aliphatic heterocycles. The standard InChI is InChI=1S/C24H23N3O4S2/c1-30-18-7-3-16(4-8-18)13-25-21(28)15-33-24-26-20-11-12-32-22(20)23(29)27(24)14-17-5-9-19(31-2)10-6-17/h3-12H,13-15H2,1-2H3,(H,25,28). The lowest BCUT2D eigenvalue weighted by Crippen LogP contribution is -2.26. The van der Waals surface area contributed by atoms with E-state index in [2.05, 4.69) is 10.3 Å². The van der Waals surface area contributed by atoms with Crippen LogP contribution in [-0.4, -0.2) is 35.4 Å². The molecule has 2 aromatic heterocycles. The van der Waals surface area contributed by atoms with Crippen molar-refractivity contribution < 1.29 is 14.3 Å². The highest BCUT2D eigenvalue weighted by atomic mass is 32.2. The van der Waals surface area contributed by atoms with E-state index in [1.165, 1.54) is 23.1 Å². The summed E-state index contributed by atoms with van der Waals surface area (Å²) in [6.07, 6.45) is 0. The molecule has 4 rings (SSSR count). The molecule has 0 bridgehead atoms. The summed E-state index contributed by atoms with van der Waals surface area (Å²) < 4.78 is 12.6. The highest BCUT2D eigenvalue weighted by Gasteiger charge is 2.15. The number of carbonyl (C=O) groups is 1. The quantitative estimate of drug-likeness (QED) is 0.288. The average molecular weight is 482 g/mol. The van der Waals surface area contributed by atoms with Gasteiger partial charge in [0, 0.05) is 6.54 Å². The zero-order chi connectivity index (χ0) is 23.2. The van der Waals surface area contributed by atoms with Crippen LogP contribution in [0.4, 0.5) is 0 Å². The van der Waals surface area contributed by atoms with Crippen molar-refractivity contribution in [2.45, 2.75) is 18.2 Å². The number of nitrogens with one attached hydrogen (secondary N) is 1. The zero-order valence-electron chi connectivity index (χ0n) is 18.2. The van der Waals surface area contributed by atoms with Gasteiger partial charge in [0.1, 0.15) is 16.2 Å². The maximum absolute atomic E-state index is 13.1. The Morgan fingerprint density at radius 2 is 1.64 bits per heavy atom. The Morgan fingerprint density at radius 3 is 2.27 bits per heavy atom. The van der Waals surface area contributed by atoms with Gasteiger partial charge in [-0.1, -0.05) is 36.0 Å². The number of aromatic nitrogens is 2. The molecule has 170 valence electrons. The van der Waals surface area contributed by atoms with E-state index in [9.17, 15) is 9.59 Å². The molecule has 1 N–H and O–H groups in total. The second-order valence-corrected chi connectivity index (χ2v) is 9.04. The summed E-state index contributed by atoms with van der Waals surface area (Å²) in [6.45, 7) is 0.776. The van der Waals surface area contributed by atoms with Crippen LogP contribution in [0, 0.1) is 0 Å². The zero-order valence-corrected chi connectivity index (χ0v) is 19.9. The van der Waals surface area contributed by atoms with Crippen LogP contribution in [0.5, 0.6) is 11.5 Å². The number of hydrogen-bond donors (Lipinski definition) is 1. The predicted octanol–water partition coefficient (Wildman–Crippen LogP) is 3.93. The number of thiophene rings is 1. The first-order valence-corrected chi connectivity index (χ1v) is 12.1. The Bertz CT molecular complexity index is 1300. The minimum atomic E-state index is -0.133. The van der Waals surface area contributed by atoms with Crippen molar-refractivity contribution in [1.82, 2.24) is 14.9 Å². The minimum absolute atomic E-state index is 0.105. The number of fused-ring (bicyclic) bond motifs is 1. The molecule has 0 aliphatic rings. The van der Waals surface area contributed by atoms with Crippen LogP contribution in [0.25, 0.3) is 10.2 Å². The average Bonchev–Trinajstić information content (AvgIpc) is 3.33. The summed E-state index contributed by atoms with van der Waals surface area (Å²) in [7, 11) is 3.23. The van der Waals surface area contributed by atoms with Gasteiger partial charge in [-0.25, -0.2) is 4.98 Å². The Balaban J connectivity index is 1.47. The van der Waals surface area contributed by atoms with Gasteiger partial charge in [0.25, 0.3) is 5.56 Å². The molecule has 1 amide bonds. The van der Waals surface area contributed by atoms with Crippen molar-refractivity contribution in [3.8, 4) is 11.5 Å². The Labute approximate surface area is 199 Å². The molecule has 7 nitrogen and oxygen atoms in total. The molecule has 0 radical (unpaired) electrons. The molecule has 0 atom stereocenters. The first-order chi connectivity index (χ1) is 16.1. The lowest BCUT2D eigenvalue weighted by molar-refractivity contribution is -0.118. The van der Waals surface area contributed by atoms with E-state index in [1.54, 1.807) is 18.8 Å². The fourth-order valence-electron chi connectivity index (χ4n) is 3.21. The normalized spacial score (nSPS) is 10.8. The van der Waals surface area contributed by atoms with Crippen LogP contribution in [0.1, 0.15) is 11.1 Å². The molecule has 4 aromatic rings. The predicted molar refractivity (Wildman–Crippen MR) is 132 cm³/mol. The van der Waals surface area contributed by atoms with Gasteiger partial charge in [-0.3, -0.25) is 14.2 Å². The van der Waals surface area contributed by atoms with Crippen LogP contribution in [-0.2, 0) is 17.9 Å². The minimum Gasteiger partial charge on any atom is -0.497 e. The summed E-state index contributed by atoms with van der Waals surface area (Å²) in [5, 5.41) is 5.28. The summed E-state index contributed by atoms with van der Waals surface area (Å²) in [4.78, 5) is 30.3. The molecule has 2 aromatic carbocycles. The van der Waals surface area contributed by atoms with Crippen molar-refractivity contribution in [3.05, 3.63) is 81.5 Å². The fraction of sp³-hybridized carbons (Fsp3) is 0.208. The molecule has 0 aliphatic carbocycles. The highest BCUT2D eigenvalue weighted by Crippen LogP contribution is 2.22. The largest absolute Gasteiger partial charge is 0.497 e. The van der Waals surface area contributed by atoms with Gasteiger partial charge in [-0.15, -0.1) is 11.3 Å². The van der Waals surface area contributed by atoms with Crippen LogP contribution >= 0.6 is 23.1 Å². The monoisotopic (exact) mass is 481 g/mol. The first-order valence-electron chi connectivity index (χ1n) is 10.2. The Morgan fingerprint density at radius 1 is 1.00 bits per heavy atom. The van der Waals surface area contributed by atoms with Gasteiger partial charge in [0.15, 0.2) is 5.16 Å². The topological polar surface area (TPSA) is 82.5 Å². The van der Waals surface area contributed by atoms with Crippen LogP contribution in [0.15, 0.2) is 69.9 Å². The molecule has 2 heterocycles. The first kappa shape index (κ1) is 22.9. The van der Waals surface area contributed by atoms with Crippen LogP contribution in [0.3, 0.4) is 0 Å². The van der Waals surface area contributed by atoms with Gasteiger partial charge in [-0.05, 0) is 46.8 Å². The van der Waals surface area contributed by atoms with E-state index in [0.717, 1.165) is 22.6 Å². The number of benzene rings is 2. The number of carbonyl (C=O) groups excluding carboxylic acids is 1. The van der Waals surface area contributed by atoms with E-state index in [4.69, 9.17) is 9.47 Å². The van der Waals surface area contributed by atoms with E-state index >= 15 is 0 Å². The van der Waals surface area contributed by atoms with E-state index < -0.39 is 0 Å². The van der Waals surface area contributed by atoms with Gasteiger partial charge >= 0.3 is 0 Å². The second kappa shape index (κ2) is 10.5. The van der Waals surface area contributed by atoms with E-state index in [-0.39, 0.29) is 17.2 Å². The number of rotatable bonds is 9. The molecular formula is C24H23N3O4S2. The number of nitrogens with zero attached hydrogens (tertiary/aromatic N) is 2. The lowest BCUT2D eigenvalue weighted by atomic mass is 10.2. The molecule has 0 spiro atoms. The SMILES string of the molecule is COc1ccc(CNC(=O)CSc2nc3ccsc3c(=O)n2Cc2ccc(OC)cc2)cc1. The van der Waals surface area contributed by atoms with Crippen molar-refractivity contribution in [1.29, 1.82) is 0 Å². The maximum Gasteiger partial charge on any atom is 0.272 e. The summed E-state index contributed by atoms with van der Waals surface area (Å²) in [5.41, 5.74) is 2.47. The van der Waals surface area contributed by atoms with Crippen molar-refractivity contribution in [2.24, 2.45) is 0 Å². The number of amides is 1. The van der Waals surface area contributed by atoms with Crippen LogP contribution in [0.2, 0.25) is 0 Å². The molecule has 0 unspecified atom stereocenters. The third-order valence-electron chi connectivity index (χ3n) is 5.01. The fourth-order valence-corrected chi connectivity index (χ4v) is 4.82. The van der Waals surface area contributed by atoms with Crippen molar-refractivity contribution in [3.63, 3.8) is 0 Å². The molecule has 33 heavy (non-hydrogen) atoms. The number of thioether (sulfide) groups is 1. The van der Waals surface area contributed by atoms with Gasteiger partial charge in [0.2, 0.25) is 5.91 Å². The Hall–Kier alpha value is -3.30. The molecule has 0 saturated heterocycles.